The lowest BCUT2D eigenvalue weighted by atomic mass is 9.83. The number of hydrogen-bond acceptors (Lipinski definition) is 4. The smallest absolute Gasteiger partial charge is 0.309 e. The normalized spacial score (nSPS) is 14.4. The molecule has 0 heterocycles. The average molecular weight is 517 g/mol. The first-order valence-electron chi connectivity index (χ1n) is 14.0. The number of carbonyl (C=O) groups excluding carboxylic acids is 3. The monoisotopic (exact) mass is 516 g/mol. The molecule has 0 aliphatic heterocycles. The van der Waals surface area contributed by atoms with Crippen molar-refractivity contribution in [3.05, 3.63) is 35.4 Å². The number of benzene rings is 1. The van der Waals surface area contributed by atoms with Crippen LogP contribution in [-0.4, -0.2) is 36.5 Å². The second kappa shape index (κ2) is 15.1. The molecule has 0 fully saturated rings. The highest BCUT2D eigenvalue weighted by molar-refractivity contribution is 5.89. The van der Waals surface area contributed by atoms with Crippen LogP contribution < -0.4 is 10.6 Å². The molecule has 37 heavy (non-hydrogen) atoms. The third kappa shape index (κ3) is 12.1. The quantitative estimate of drug-likeness (QED) is 0.297. The third-order valence-electron chi connectivity index (χ3n) is 6.59. The summed E-state index contributed by atoms with van der Waals surface area (Å²) in [5.41, 5.74) is 1.43. The maximum absolute atomic E-state index is 13.7. The zero-order chi connectivity index (χ0) is 28.2. The third-order valence-corrected chi connectivity index (χ3v) is 6.59. The van der Waals surface area contributed by atoms with Crippen LogP contribution in [0.15, 0.2) is 24.3 Å². The summed E-state index contributed by atoms with van der Waals surface area (Å²) in [5, 5.41) is 5.69. The zero-order valence-electron chi connectivity index (χ0n) is 24.8. The maximum Gasteiger partial charge on any atom is 0.309 e. The van der Waals surface area contributed by atoms with Gasteiger partial charge < -0.3 is 15.4 Å². The highest BCUT2D eigenvalue weighted by Crippen LogP contribution is 2.27. The van der Waals surface area contributed by atoms with E-state index in [1.54, 1.807) is 7.05 Å². The molecule has 0 radical (unpaired) electrons. The Morgan fingerprint density at radius 1 is 0.811 bits per heavy atom. The summed E-state index contributed by atoms with van der Waals surface area (Å²) in [6.07, 6.45) is 6.40. The summed E-state index contributed by atoms with van der Waals surface area (Å²) in [7, 11) is 1.58. The molecule has 0 aliphatic rings. The minimum Gasteiger partial charge on any atom is -0.460 e. The van der Waals surface area contributed by atoms with Crippen LogP contribution in [0.4, 0.5) is 0 Å². The molecular weight excluding hydrogens is 464 g/mol. The van der Waals surface area contributed by atoms with Crippen molar-refractivity contribution in [2.24, 2.45) is 17.3 Å². The molecule has 1 aromatic carbocycles. The number of nitrogens with one attached hydrogen (secondary N) is 2. The minimum absolute atomic E-state index is 0.184. The van der Waals surface area contributed by atoms with Crippen molar-refractivity contribution in [2.45, 2.75) is 118 Å². The standard InChI is InChI=1S/C31H52N2O4/c1-10-12-14-25(29(36)37-31(6,7)8)21-24(20-19-23-17-15-22(13-11-2)16-18-23)27(34)33-26(28(35)32-9)30(3,4)5/h15-18,24-26H,10-14,19-21H2,1-9H3,(H,32,35)(H,33,34)/t24-,25+,26-/m1/s1. The van der Waals surface area contributed by atoms with Gasteiger partial charge in [0.1, 0.15) is 11.6 Å². The van der Waals surface area contributed by atoms with Crippen molar-refractivity contribution in [1.29, 1.82) is 0 Å². The molecule has 6 heteroatoms. The van der Waals surface area contributed by atoms with E-state index in [1.807, 2.05) is 41.5 Å². The lowest BCUT2D eigenvalue weighted by Gasteiger charge is -2.32. The first kappa shape index (κ1) is 32.7. The molecule has 0 saturated heterocycles. The van der Waals surface area contributed by atoms with Gasteiger partial charge in [-0.15, -0.1) is 0 Å². The van der Waals surface area contributed by atoms with Crippen LogP contribution in [0.25, 0.3) is 0 Å². The van der Waals surface area contributed by atoms with Gasteiger partial charge in [-0.25, -0.2) is 0 Å². The van der Waals surface area contributed by atoms with Gasteiger partial charge in [0.05, 0.1) is 5.92 Å². The predicted molar refractivity (Wildman–Crippen MR) is 151 cm³/mol. The van der Waals surface area contributed by atoms with Crippen LogP contribution in [0.5, 0.6) is 0 Å². The fourth-order valence-corrected chi connectivity index (χ4v) is 4.45. The molecule has 210 valence electrons. The average Bonchev–Trinajstić information content (AvgIpc) is 2.80. The summed E-state index contributed by atoms with van der Waals surface area (Å²) in [4.78, 5) is 39.4. The summed E-state index contributed by atoms with van der Waals surface area (Å²) in [5.74, 6) is -1.44. The molecule has 0 spiro atoms. The van der Waals surface area contributed by atoms with Crippen LogP contribution >= 0.6 is 0 Å². The molecule has 1 aromatic rings. The van der Waals surface area contributed by atoms with Gasteiger partial charge in [0.25, 0.3) is 0 Å². The molecule has 0 saturated carbocycles. The largest absolute Gasteiger partial charge is 0.460 e. The van der Waals surface area contributed by atoms with E-state index >= 15 is 0 Å². The molecule has 2 amide bonds. The molecule has 6 nitrogen and oxygen atoms in total. The first-order chi connectivity index (χ1) is 17.2. The summed E-state index contributed by atoms with van der Waals surface area (Å²) < 4.78 is 5.73. The topological polar surface area (TPSA) is 84.5 Å². The second-order valence-corrected chi connectivity index (χ2v) is 12.3. The van der Waals surface area contributed by atoms with E-state index in [1.165, 1.54) is 11.1 Å². The Kier molecular flexibility index (Phi) is 13.4. The van der Waals surface area contributed by atoms with E-state index in [9.17, 15) is 14.4 Å². The maximum atomic E-state index is 13.7. The lowest BCUT2D eigenvalue weighted by Crippen LogP contribution is -2.54. The van der Waals surface area contributed by atoms with E-state index in [2.05, 4.69) is 48.7 Å². The van der Waals surface area contributed by atoms with Gasteiger partial charge in [-0.3, -0.25) is 14.4 Å². The fourth-order valence-electron chi connectivity index (χ4n) is 4.45. The Morgan fingerprint density at radius 2 is 1.38 bits per heavy atom. The Morgan fingerprint density at radius 3 is 1.84 bits per heavy atom. The van der Waals surface area contributed by atoms with Crippen molar-refractivity contribution in [1.82, 2.24) is 10.6 Å². The van der Waals surface area contributed by atoms with Gasteiger partial charge in [-0.1, -0.05) is 78.1 Å². The zero-order valence-corrected chi connectivity index (χ0v) is 24.8. The van der Waals surface area contributed by atoms with E-state index in [0.29, 0.717) is 19.3 Å². The van der Waals surface area contributed by atoms with E-state index in [0.717, 1.165) is 32.1 Å². The molecule has 3 atom stereocenters. The van der Waals surface area contributed by atoms with Crippen molar-refractivity contribution >= 4 is 17.8 Å². The molecule has 1 rings (SSSR count). The van der Waals surface area contributed by atoms with Gasteiger partial charge >= 0.3 is 5.97 Å². The highest BCUT2D eigenvalue weighted by atomic mass is 16.6. The van der Waals surface area contributed by atoms with Crippen molar-refractivity contribution in [3.8, 4) is 0 Å². The number of hydrogen-bond donors (Lipinski definition) is 2. The predicted octanol–water partition coefficient (Wildman–Crippen LogP) is 6.00. The van der Waals surface area contributed by atoms with E-state index < -0.39 is 23.0 Å². The molecule has 0 bridgehead atoms. The molecule has 2 N–H and O–H groups in total. The molecule has 0 unspecified atom stereocenters. The van der Waals surface area contributed by atoms with E-state index in [-0.39, 0.29) is 23.7 Å². The van der Waals surface area contributed by atoms with Crippen molar-refractivity contribution < 1.29 is 19.1 Å². The van der Waals surface area contributed by atoms with Crippen LogP contribution in [0.1, 0.15) is 105 Å². The van der Waals surface area contributed by atoms with Gasteiger partial charge in [0, 0.05) is 13.0 Å². The lowest BCUT2D eigenvalue weighted by molar-refractivity contribution is -0.161. The Balaban J connectivity index is 3.19. The fraction of sp³-hybridized carbons (Fsp3) is 0.710. The van der Waals surface area contributed by atoms with Gasteiger partial charge in [-0.05, 0) is 69.4 Å². The number of likely N-dealkylation sites (N-methyl/N-ethyl adjacent to an activating group) is 1. The second-order valence-electron chi connectivity index (χ2n) is 12.3. The summed E-state index contributed by atoms with van der Waals surface area (Å²) >= 11 is 0. The van der Waals surface area contributed by atoms with Crippen LogP contribution in [0, 0.1) is 17.3 Å². The van der Waals surface area contributed by atoms with Crippen LogP contribution in [-0.2, 0) is 32.0 Å². The summed E-state index contributed by atoms with van der Waals surface area (Å²) in [6, 6.07) is 7.90. The van der Waals surface area contributed by atoms with Gasteiger partial charge in [0.15, 0.2) is 0 Å². The van der Waals surface area contributed by atoms with Crippen molar-refractivity contribution in [2.75, 3.05) is 7.05 Å². The van der Waals surface area contributed by atoms with Crippen LogP contribution in [0.2, 0.25) is 0 Å². The summed E-state index contributed by atoms with van der Waals surface area (Å²) in [6.45, 7) is 15.7. The van der Waals surface area contributed by atoms with Gasteiger partial charge in [0.2, 0.25) is 11.8 Å². The SMILES string of the molecule is CCCC[C@@H](C[C@@H](CCc1ccc(CCC)cc1)C(=O)N[C@H](C(=O)NC)C(C)(C)C)C(=O)OC(C)(C)C. The van der Waals surface area contributed by atoms with Crippen LogP contribution in [0.3, 0.4) is 0 Å². The van der Waals surface area contributed by atoms with Gasteiger partial charge in [-0.2, -0.15) is 0 Å². The van der Waals surface area contributed by atoms with E-state index in [4.69, 9.17) is 4.74 Å². The molecule has 0 aromatic heterocycles. The molecule has 0 aliphatic carbocycles. The van der Waals surface area contributed by atoms with Crippen molar-refractivity contribution in [3.63, 3.8) is 0 Å². The number of aryl methyl sites for hydroxylation is 2. The number of unbranched alkanes of at least 4 members (excludes halogenated alkanes) is 1. The Labute approximate surface area is 225 Å². The number of amides is 2. The number of rotatable bonds is 14. The first-order valence-corrected chi connectivity index (χ1v) is 14.0. The number of ether oxygens (including phenoxy) is 1. The number of carbonyl (C=O) groups is 3. The minimum atomic E-state index is -0.670. The Hall–Kier alpha value is -2.37. The number of esters is 1. The molecular formula is C31H52N2O4. The Bertz CT molecular complexity index is 849. The highest BCUT2D eigenvalue weighted by Gasteiger charge is 2.36.